The first-order valence-electron chi connectivity index (χ1n) is 3.99. The molecule has 1 aromatic carbocycles. The van der Waals surface area contributed by atoms with Gasteiger partial charge in [0.15, 0.2) is 6.07 Å². The molecule has 0 fully saturated rings. The van der Waals surface area contributed by atoms with Gasteiger partial charge in [0.1, 0.15) is 0 Å². The summed E-state index contributed by atoms with van der Waals surface area (Å²) in [6, 6.07) is 7.04. The second-order valence-electron chi connectivity index (χ2n) is 2.58. The summed E-state index contributed by atoms with van der Waals surface area (Å²) in [6.07, 6.45) is 0. The highest BCUT2D eigenvalue weighted by atomic mass is 14.5. The van der Waals surface area contributed by atoms with E-state index >= 15 is 0 Å². The van der Waals surface area contributed by atoms with Crippen LogP contribution in [-0.4, -0.2) is 0 Å². The Bertz CT molecular complexity index is 499. The molecule has 14 heavy (non-hydrogen) atoms. The van der Waals surface area contributed by atoms with Crippen molar-refractivity contribution in [2.45, 2.75) is 6.92 Å². The number of nitrogens with two attached hydrogens (primary N) is 1. The van der Waals surface area contributed by atoms with E-state index in [1.807, 2.05) is 0 Å². The van der Waals surface area contributed by atoms with Crippen LogP contribution in [0, 0.1) is 35.0 Å². The van der Waals surface area contributed by atoms with E-state index in [1.165, 1.54) is 0 Å². The van der Waals surface area contributed by atoms with Crippen LogP contribution in [0.25, 0.3) is 0 Å². The third-order valence-corrected chi connectivity index (χ3v) is 1.49. The van der Waals surface area contributed by atoms with Crippen LogP contribution in [0.15, 0.2) is 18.2 Å². The molecule has 0 aliphatic rings. The highest BCUT2D eigenvalue weighted by molar-refractivity contribution is 5.55. The van der Waals surface area contributed by atoms with Gasteiger partial charge in [-0.1, -0.05) is 11.8 Å². The van der Waals surface area contributed by atoms with Gasteiger partial charge in [-0.05, 0) is 25.1 Å². The predicted octanol–water partition coefficient (Wildman–Crippen LogP) is 1.52. The van der Waals surface area contributed by atoms with E-state index in [-0.39, 0.29) is 0 Å². The fraction of sp³-hybridized carbons (Fsp3) is 0.0833. The maximum Gasteiger partial charge on any atom is 0.152 e. The van der Waals surface area contributed by atoms with Crippen LogP contribution in [0.4, 0.5) is 5.69 Å². The van der Waals surface area contributed by atoms with Gasteiger partial charge in [-0.2, -0.15) is 5.26 Å². The average Bonchev–Trinajstić information content (AvgIpc) is 2.14. The van der Waals surface area contributed by atoms with Gasteiger partial charge in [-0.15, -0.1) is 5.92 Å². The maximum atomic E-state index is 8.29. The van der Waals surface area contributed by atoms with Crippen LogP contribution in [0.2, 0.25) is 0 Å². The molecule has 0 aliphatic heterocycles. The Morgan fingerprint density at radius 1 is 1.14 bits per heavy atom. The van der Waals surface area contributed by atoms with Gasteiger partial charge in [0.2, 0.25) is 0 Å². The summed E-state index contributed by atoms with van der Waals surface area (Å²) in [4.78, 5) is 0. The average molecular weight is 180 g/mol. The van der Waals surface area contributed by atoms with Crippen LogP contribution in [0.3, 0.4) is 0 Å². The van der Waals surface area contributed by atoms with Gasteiger partial charge in [0, 0.05) is 22.7 Å². The van der Waals surface area contributed by atoms with E-state index in [4.69, 9.17) is 11.0 Å². The lowest BCUT2D eigenvalue weighted by Gasteiger charge is -1.96. The number of benzene rings is 1. The summed E-state index contributed by atoms with van der Waals surface area (Å²) in [6.45, 7) is 1.75. The Morgan fingerprint density at radius 2 is 1.79 bits per heavy atom. The first kappa shape index (κ1) is 9.72. The lowest BCUT2D eigenvalue weighted by Crippen LogP contribution is -1.88. The summed E-state index contributed by atoms with van der Waals surface area (Å²) < 4.78 is 0. The molecule has 0 radical (unpaired) electrons. The molecule has 2 heteroatoms. The molecule has 1 aromatic rings. The molecular weight excluding hydrogens is 172 g/mol. The zero-order valence-electron chi connectivity index (χ0n) is 7.76. The summed E-state index contributed by atoms with van der Waals surface area (Å²) in [7, 11) is 0. The standard InChI is InChI=1S/C12H8N2/c1-2-4-10-7-11(5-3-6-13)9-12(14)8-10/h7-9H,14H2,1H3. The van der Waals surface area contributed by atoms with Crippen molar-refractivity contribution in [3.8, 4) is 29.8 Å². The van der Waals surface area contributed by atoms with Crippen molar-refractivity contribution in [1.82, 2.24) is 0 Å². The van der Waals surface area contributed by atoms with Crippen molar-refractivity contribution < 1.29 is 0 Å². The first-order valence-corrected chi connectivity index (χ1v) is 3.99. The van der Waals surface area contributed by atoms with Crippen molar-refractivity contribution in [3.63, 3.8) is 0 Å². The minimum atomic E-state index is 0.604. The van der Waals surface area contributed by atoms with E-state index in [0.29, 0.717) is 11.3 Å². The number of hydrogen-bond donors (Lipinski definition) is 1. The third kappa shape index (κ3) is 2.59. The van der Waals surface area contributed by atoms with Crippen molar-refractivity contribution in [3.05, 3.63) is 29.3 Å². The Balaban J connectivity index is 3.19. The largest absolute Gasteiger partial charge is 0.399 e. The Morgan fingerprint density at radius 3 is 2.36 bits per heavy atom. The van der Waals surface area contributed by atoms with Gasteiger partial charge in [-0.3, -0.25) is 0 Å². The molecule has 0 aliphatic carbocycles. The van der Waals surface area contributed by atoms with Crippen LogP contribution in [-0.2, 0) is 0 Å². The normalized spacial score (nSPS) is 7.43. The van der Waals surface area contributed by atoms with Crippen molar-refractivity contribution in [1.29, 1.82) is 5.26 Å². The summed E-state index contributed by atoms with van der Waals surface area (Å²) in [5.41, 5.74) is 7.77. The SMILES string of the molecule is CC#Cc1cc(N)cc(C#CC#N)c1. The van der Waals surface area contributed by atoms with Gasteiger partial charge in [-0.25, -0.2) is 0 Å². The first-order chi connectivity index (χ1) is 6.76. The van der Waals surface area contributed by atoms with Crippen LogP contribution in [0.1, 0.15) is 18.1 Å². The molecule has 0 atom stereocenters. The van der Waals surface area contributed by atoms with Gasteiger partial charge >= 0.3 is 0 Å². The number of rotatable bonds is 0. The molecule has 2 nitrogen and oxygen atoms in total. The van der Waals surface area contributed by atoms with E-state index in [0.717, 1.165) is 5.56 Å². The van der Waals surface area contributed by atoms with Crippen LogP contribution < -0.4 is 5.73 Å². The second-order valence-corrected chi connectivity index (χ2v) is 2.58. The molecule has 0 aromatic heterocycles. The number of anilines is 1. The van der Waals surface area contributed by atoms with Crippen molar-refractivity contribution in [2.75, 3.05) is 5.73 Å². The molecular formula is C12H8N2. The highest BCUT2D eigenvalue weighted by Gasteiger charge is 1.93. The van der Waals surface area contributed by atoms with E-state index in [1.54, 1.807) is 31.2 Å². The molecule has 66 valence electrons. The smallest absolute Gasteiger partial charge is 0.152 e. The Labute approximate surface area is 83.4 Å². The van der Waals surface area contributed by atoms with Crippen LogP contribution in [0.5, 0.6) is 0 Å². The Kier molecular flexibility index (Phi) is 3.20. The summed E-state index contributed by atoms with van der Waals surface area (Å²) in [5.74, 6) is 10.6. The van der Waals surface area contributed by atoms with Crippen molar-refractivity contribution >= 4 is 5.69 Å². The molecule has 1 rings (SSSR count). The van der Waals surface area contributed by atoms with Crippen molar-refractivity contribution in [2.24, 2.45) is 0 Å². The third-order valence-electron chi connectivity index (χ3n) is 1.49. The molecule has 0 bridgehead atoms. The molecule has 0 unspecified atom stereocenters. The second kappa shape index (κ2) is 4.61. The number of nitrogen functional groups attached to an aromatic ring is 1. The fourth-order valence-corrected chi connectivity index (χ4v) is 1.04. The van der Waals surface area contributed by atoms with E-state index < -0.39 is 0 Å². The van der Waals surface area contributed by atoms with Gasteiger partial charge in [0.05, 0.1) is 0 Å². The number of nitrogens with zero attached hydrogens (tertiary/aromatic N) is 1. The lowest BCUT2D eigenvalue weighted by molar-refractivity contribution is 1.54. The molecule has 0 heterocycles. The monoisotopic (exact) mass is 180 g/mol. The number of hydrogen-bond acceptors (Lipinski definition) is 2. The Hall–Kier alpha value is -2.37. The van der Waals surface area contributed by atoms with Crippen LogP contribution >= 0.6 is 0 Å². The minimum Gasteiger partial charge on any atom is -0.399 e. The topological polar surface area (TPSA) is 49.8 Å². The predicted molar refractivity (Wildman–Crippen MR) is 55.9 cm³/mol. The molecule has 0 spiro atoms. The quantitative estimate of drug-likeness (QED) is 0.486. The van der Waals surface area contributed by atoms with E-state index in [2.05, 4.69) is 23.7 Å². The molecule has 0 amide bonds. The zero-order chi connectivity index (χ0) is 10.4. The van der Waals surface area contributed by atoms with Gasteiger partial charge < -0.3 is 5.73 Å². The van der Waals surface area contributed by atoms with E-state index in [9.17, 15) is 0 Å². The number of nitriles is 1. The zero-order valence-corrected chi connectivity index (χ0v) is 7.76. The molecule has 0 saturated heterocycles. The molecule has 2 N–H and O–H groups in total. The minimum absolute atomic E-state index is 0.604. The fourth-order valence-electron chi connectivity index (χ4n) is 1.04. The molecule has 0 saturated carbocycles. The highest BCUT2D eigenvalue weighted by Crippen LogP contribution is 2.10. The van der Waals surface area contributed by atoms with Gasteiger partial charge in [0.25, 0.3) is 0 Å². The summed E-state index contributed by atoms with van der Waals surface area (Å²) >= 11 is 0. The maximum absolute atomic E-state index is 8.29. The summed E-state index contributed by atoms with van der Waals surface area (Å²) in [5, 5.41) is 8.29. The lowest BCUT2D eigenvalue weighted by atomic mass is 10.1.